The van der Waals surface area contributed by atoms with Gasteiger partial charge in [0.1, 0.15) is 5.75 Å². The van der Waals surface area contributed by atoms with Crippen LogP contribution in [0.1, 0.15) is 18.2 Å². The van der Waals surface area contributed by atoms with Gasteiger partial charge < -0.3 is 15.2 Å². The second-order valence-corrected chi connectivity index (χ2v) is 5.90. The number of ether oxygens (including phenoxy) is 1. The summed E-state index contributed by atoms with van der Waals surface area (Å²) in [6.45, 7) is 2.98. The van der Waals surface area contributed by atoms with Gasteiger partial charge in [0.05, 0.1) is 25.5 Å². The molecule has 2 heterocycles. The van der Waals surface area contributed by atoms with Crippen LogP contribution < -0.4 is 10.1 Å². The molecule has 0 spiro atoms. The molecule has 3 aromatic rings. The Labute approximate surface area is 137 Å². The highest BCUT2D eigenvalue weighted by molar-refractivity contribution is 7.15. The lowest BCUT2D eigenvalue weighted by Gasteiger charge is -2.12. The number of nitrogens with zero attached hydrogens (tertiary/aromatic N) is 2. The molecule has 1 aromatic carbocycles. The zero-order chi connectivity index (χ0) is 15.5. The molecular formula is C15H16ClN3O2S. The molecule has 0 saturated heterocycles. The van der Waals surface area contributed by atoms with Crippen molar-refractivity contribution in [3.05, 3.63) is 46.2 Å². The third-order valence-electron chi connectivity index (χ3n) is 3.30. The van der Waals surface area contributed by atoms with Gasteiger partial charge in [-0.2, -0.15) is 0 Å². The standard InChI is InChI=1S/C15H16ClN3O2S/c1-2-21-13-4-3-11(7-10(13)9-20)17-8-12-14(16)18-15-19(12)5-6-22-15/h3-7,17,20H,2,8-9H2,1H3. The lowest BCUT2D eigenvalue weighted by molar-refractivity contribution is 0.267. The van der Waals surface area contributed by atoms with E-state index in [1.54, 1.807) is 11.3 Å². The van der Waals surface area contributed by atoms with Gasteiger partial charge in [-0.15, -0.1) is 11.3 Å². The van der Waals surface area contributed by atoms with Crippen LogP contribution in [0.3, 0.4) is 0 Å². The third kappa shape index (κ3) is 2.90. The third-order valence-corrected chi connectivity index (χ3v) is 4.36. The number of nitrogens with one attached hydrogen (secondary N) is 1. The summed E-state index contributed by atoms with van der Waals surface area (Å²) in [4.78, 5) is 5.18. The average molecular weight is 338 g/mol. The largest absolute Gasteiger partial charge is 0.494 e. The number of hydrogen-bond donors (Lipinski definition) is 2. The molecule has 5 nitrogen and oxygen atoms in total. The average Bonchev–Trinajstić information content (AvgIpc) is 3.07. The Morgan fingerprint density at radius 1 is 1.45 bits per heavy atom. The highest BCUT2D eigenvalue weighted by atomic mass is 35.5. The number of aliphatic hydroxyl groups is 1. The fourth-order valence-electron chi connectivity index (χ4n) is 2.26. The second kappa shape index (κ2) is 6.56. The fraction of sp³-hybridized carbons (Fsp3) is 0.267. The number of aromatic nitrogens is 2. The maximum absolute atomic E-state index is 9.44. The summed E-state index contributed by atoms with van der Waals surface area (Å²) in [5.41, 5.74) is 2.57. The SMILES string of the molecule is CCOc1ccc(NCc2c(Cl)nc3sccn23)cc1CO. The summed E-state index contributed by atoms with van der Waals surface area (Å²) >= 11 is 7.72. The molecule has 2 aromatic heterocycles. The first-order valence-electron chi connectivity index (χ1n) is 6.93. The van der Waals surface area contributed by atoms with Crippen molar-refractivity contribution in [1.82, 2.24) is 9.38 Å². The first-order valence-corrected chi connectivity index (χ1v) is 8.19. The Morgan fingerprint density at radius 2 is 2.32 bits per heavy atom. The van der Waals surface area contributed by atoms with Crippen molar-refractivity contribution >= 4 is 33.6 Å². The Morgan fingerprint density at radius 3 is 3.09 bits per heavy atom. The minimum absolute atomic E-state index is 0.0624. The van der Waals surface area contributed by atoms with Crippen molar-refractivity contribution in [3.63, 3.8) is 0 Å². The molecule has 0 radical (unpaired) electrons. The van der Waals surface area contributed by atoms with Crippen LogP contribution in [0.25, 0.3) is 4.96 Å². The minimum Gasteiger partial charge on any atom is -0.494 e. The van der Waals surface area contributed by atoms with E-state index in [1.165, 1.54) is 0 Å². The van der Waals surface area contributed by atoms with E-state index in [0.29, 0.717) is 24.1 Å². The maximum Gasteiger partial charge on any atom is 0.195 e. The van der Waals surface area contributed by atoms with Crippen LogP contribution in [-0.2, 0) is 13.2 Å². The van der Waals surface area contributed by atoms with Crippen LogP contribution in [0.5, 0.6) is 5.75 Å². The van der Waals surface area contributed by atoms with Gasteiger partial charge in [0.2, 0.25) is 0 Å². The van der Waals surface area contributed by atoms with Crippen molar-refractivity contribution in [2.45, 2.75) is 20.1 Å². The molecule has 22 heavy (non-hydrogen) atoms. The van der Waals surface area contributed by atoms with Crippen LogP contribution in [0.15, 0.2) is 29.8 Å². The van der Waals surface area contributed by atoms with Crippen LogP contribution >= 0.6 is 22.9 Å². The molecule has 116 valence electrons. The number of hydrogen-bond acceptors (Lipinski definition) is 5. The van der Waals surface area contributed by atoms with Gasteiger partial charge in [-0.25, -0.2) is 4.98 Å². The van der Waals surface area contributed by atoms with Crippen molar-refractivity contribution < 1.29 is 9.84 Å². The van der Waals surface area contributed by atoms with Gasteiger partial charge in [0, 0.05) is 22.8 Å². The second-order valence-electron chi connectivity index (χ2n) is 4.67. The Hall–Kier alpha value is -1.76. The Bertz CT molecular complexity index is 784. The van der Waals surface area contributed by atoms with Crippen LogP contribution in [0.4, 0.5) is 5.69 Å². The lowest BCUT2D eigenvalue weighted by atomic mass is 10.2. The molecule has 0 amide bonds. The molecular weight excluding hydrogens is 322 g/mol. The monoisotopic (exact) mass is 337 g/mol. The minimum atomic E-state index is -0.0624. The number of halogens is 1. The Balaban J connectivity index is 1.78. The predicted molar refractivity (Wildman–Crippen MR) is 88.9 cm³/mol. The quantitative estimate of drug-likeness (QED) is 0.722. The predicted octanol–water partition coefficient (Wildman–Crippen LogP) is 3.55. The smallest absolute Gasteiger partial charge is 0.195 e. The van der Waals surface area contributed by atoms with Crippen LogP contribution in [0.2, 0.25) is 5.15 Å². The van der Waals surface area contributed by atoms with E-state index in [0.717, 1.165) is 21.9 Å². The summed E-state index contributed by atoms with van der Waals surface area (Å²) in [5.74, 6) is 0.707. The van der Waals surface area contributed by atoms with Gasteiger partial charge in [-0.3, -0.25) is 4.40 Å². The molecule has 3 rings (SSSR count). The normalized spacial score (nSPS) is 11.0. The van der Waals surface area contributed by atoms with Crippen molar-refractivity contribution in [1.29, 1.82) is 0 Å². The van der Waals surface area contributed by atoms with E-state index >= 15 is 0 Å². The number of anilines is 1. The molecule has 0 aliphatic rings. The molecule has 0 aliphatic heterocycles. The van der Waals surface area contributed by atoms with Crippen molar-refractivity contribution in [3.8, 4) is 5.75 Å². The zero-order valence-corrected chi connectivity index (χ0v) is 13.6. The fourth-order valence-corrected chi connectivity index (χ4v) is 3.28. The highest BCUT2D eigenvalue weighted by Crippen LogP contribution is 2.25. The number of rotatable bonds is 6. The van der Waals surface area contributed by atoms with E-state index in [-0.39, 0.29) is 6.61 Å². The lowest BCUT2D eigenvalue weighted by Crippen LogP contribution is -2.04. The summed E-state index contributed by atoms with van der Waals surface area (Å²) in [7, 11) is 0. The van der Waals surface area contributed by atoms with E-state index in [9.17, 15) is 5.11 Å². The Kier molecular flexibility index (Phi) is 4.52. The molecule has 0 atom stereocenters. The van der Waals surface area contributed by atoms with Crippen LogP contribution in [0, 0.1) is 0 Å². The topological polar surface area (TPSA) is 58.8 Å². The highest BCUT2D eigenvalue weighted by Gasteiger charge is 2.11. The molecule has 0 aliphatic carbocycles. The van der Waals surface area contributed by atoms with Gasteiger partial charge >= 0.3 is 0 Å². The number of imidazole rings is 1. The molecule has 0 unspecified atom stereocenters. The van der Waals surface area contributed by atoms with Gasteiger partial charge in [-0.05, 0) is 25.1 Å². The van der Waals surface area contributed by atoms with Crippen LogP contribution in [-0.4, -0.2) is 21.1 Å². The number of thiazole rings is 1. The number of benzene rings is 1. The van der Waals surface area contributed by atoms with Gasteiger partial charge in [0.15, 0.2) is 10.1 Å². The first-order chi connectivity index (χ1) is 10.7. The molecule has 0 saturated carbocycles. The summed E-state index contributed by atoms with van der Waals surface area (Å²) in [6.07, 6.45) is 1.95. The van der Waals surface area contributed by atoms with E-state index in [2.05, 4.69) is 10.3 Å². The van der Waals surface area contributed by atoms with Gasteiger partial charge in [-0.1, -0.05) is 11.6 Å². The van der Waals surface area contributed by atoms with Crippen molar-refractivity contribution in [2.24, 2.45) is 0 Å². The van der Waals surface area contributed by atoms with E-state index < -0.39 is 0 Å². The summed E-state index contributed by atoms with van der Waals surface area (Å²) < 4.78 is 7.45. The van der Waals surface area contributed by atoms with E-state index in [1.807, 2.05) is 41.1 Å². The molecule has 2 N–H and O–H groups in total. The number of aliphatic hydroxyl groups excluding tert-OH is 1. The van der Waals surface area contributed by atoms with Gasteiger partial charge in [0.25, 0.3) is 0 Å². The molecule has 7 heteroatoms. The molecule has 0 fully saturated rings. The summed E-state index contributed by atoms with van der Waals surface area (Å²) in [5, 5.41) is 15.2. The maximum atomic E-state index is 9.44. The zero-order valence-electron chi connectivity index (χ0n) is 12.0. The van der Waals surface area contributed by atoms with Crippen molar-refractivity contribution in [2.75, 3.05) is 11.9 Å². The summed E-state index contributed by atoms with van der Waals surface area (Å²) in [6, 6.07) is 5.66. The van der Waals surface area contributed by atoms with E-state index in [4.69, 9.17) is 16.3 Å². The first kappa shape index (κ1) is 15.1. The number of fused-ring (bicyclic) bond motifs is 1. The molecule has 0 bridgehead atoms.